The van der Waals surface area contributed by atoms with Crippen LogP contribution in [0.15, 0.2) is 22.9 Å². The van der Waals surface area contributed by atoms with Crippen LogP contribution in [0.1, 0.15) is 68.6 Å². The number of hydrogen-bond donors (Lipinski definition) is 1. The predicted molar refractivity (Wildman–Crippen MR) is 86.9 cm³/mol. The number of rotatable bonds is 10. The zero-order valence-corrected chi connectivity index (χ0v) is 13.9. The molecule has 1 aromatic rings. The van der Waals surface area contributed by atoms with E-state index in [1.165, 1.54) is 44.9 Å². The van der Waals surface area contributed by atoms with E-state index in [4.69, 9.17) is 0 Å². The van der Waals surface area contributed by atoms with Gasteiger partial charge in [-0.3, -0.25) is 4.79 Å². The monoisotopic (exact) mass is 340 g/mol. The summed E-state index contributed by atoms with van der Waals surface area (Å²) in [6, 6.07) is 3.56. The van der Waals surface area contributed by atoms with E-state index in [9.17, 15) is 4.79 Å². The number of halogens is 1. The average Bonchev–Trinajstić information content (AvgIpc) is 2.46. The number of carbonyl (C=O) groups is 1. The highest BCUT2D eigenvalue weighted by Gasteiger charge is 2.04. The van der Waals surface area contributed by atoms with Crippen LogP contribution in [0.3, 0.4) is 0 Å². The minimum atomic E-state index is -0.0343. The molecule has 112 valence electrons. The zero-order valence-electron chi connectivity index (χ0n) is 12.3. The molecule has 0 aromatic carbocycles. The molecule has 0 fully saturated rings. The first kappa shape index (κ1) is 17.2. The van der Waals surface area contributed by atoms with E-state index in [1.54, 1.807) is 18.3 Å². The Balaban J connectivity index is 2.01. The maximum Gasteiger partial charge on any atom is 0.252 e. The Kier molecular flexibility index (Phi) is 9.29. The second-order valence-electron chi connectivity index (χ2n) is 5.10. The Hall–Kier alpha value is -0.900. The molecule has 0 aliphatic heterocycles. The molecular formula is C16H25BrN2O. The van der Waals surface area contributed by atoms with Crippen molar-refractivity contribution in [2.75, 3.05) is 6.54 Å². The summed E-state index contributed by atoms with van der Waals surface area (Å²) in [4.78, 5) is 15.8. The van der Waals surface area contributed by atoms with E-state index in [1.807, 2.05) is 0 Å². The molecule has 0 radical (unpaired) electrons. The Morgan fingerprint density at radius 3 is 2.35 bits per heavy atom. The Bertz CT molecular complexity index is 379. The summed E-state index contributed by atoms with van der Waals surface area (Å²) in [5.74, 6) is -0.0343. The molecule has 1 rings (SSSR count). The molecule has 0 atom stereocenters. The zero-order chi connectivity index (χ0) is 14.6. The van der Waals surface area contributed by atoms with Crippen molar-refractivity contribution in [3.05, 3.63) is 28.5 Å². The van der Waals surface area contributed by atoms with E-state index in [0.29, 0.717) is 5.56 Å². The first-order valence-electron chi connectivity index (χ1n) is 7.63. The summed E-state index contributed by atoms with van der Waals surface area (Å²) in [6.45, 7) is 2.99. The molecule has 0 aliphatic carbocycles. The fourth-order valence-electron chi connectivity index (χ4n) is 2.07. The van der Waals surface area contributed by atoms with Gasteiger partial charge in [0.05, 0.1) is 5.56 Å². The molecule has 4 heteroatoms. The lowest BCUT2D eigenvalue weighted by atomic mass is 10.1. The van der Waals surface area contributed by atoms with Gasteiger partial charge in [-0.2, -0.15) is 0 Å². The third kappa shape index (κ3) is 7.63. The fraction of sp³-hybridized carbons (Fsp3) is 0.625. The quantitative estimate of drug-likeness (QED) is 0.494. The predicted octanol–water partition coefficient (Wildman–Crippen LogP) is 4.71. The Labute approximate surface area is 130 Å². The molecule has 1 N–H and O–H groups in total. The average molecular weight is 341 g/mol. The Morgan fingerprint density at radius 1 is 1.10 bits per heavy atom. The molecule has 3 nitrogen and oxygen atoms in total. The van der Waals surface area contributed by atoms with Crippen molar-refractivity contribution in [1.82, 2.24) is 10.3 Å². The summed E-state index contributed by atoms with van der Waals surface area (Å²) in [5, 5.41) is 2.94. The first-order valence-corrected chi connectivity index (χ1v) is 8.43. The number of unbranched alkanes of at least 4 members (excludes halogenated alkanes) is 7. The lowest BCUT2D eigenvalue weighted by molar-refractivity contribution is 0.0952. The number of hydrogen-bond acceptors (Lipinski definition) is 2. The number of pyridine rings is 1. The van der Waals surface area contributed by atoms with Gasteiger partial charge >= 0.3 is 0 Å². The lowest BCUT2D eigenvalue weighted by Gasteiger charge is -2.05. The smallest absolute Gasteiger partial charge is 0.252 e. The molecule has 1 amide bonds. The second kappa shape index (κ2) is 10.8. The SMILES string of the molecule is CCCCCCCCCCNC(=O)c1ccc(Br)nc1. The maximum absolute atomic E-state index is 11.8. The summed E-state index contributed by atoms with van der Waals surface area (Å²) < 4.78 is 0.747. The van der Waals surface area contributed by atoms with E-state index in [-0.39, 0.29) is 5.91 Å². The molecule has 0 saturated carbocycles. The molecular weight excluding hydrogens is 316 g/mol. The minimum absolute atomic E-state index is 0.0343. The topological polar surface area (TPSA) is 42.0 Å². The van der Waals surface area contributed by atoms with Gasteiger partial charge in [0, 0.05) is 12.7 Å². The van der Waals surface area contributed by atoms with Crippen LogP contribution in [0, 0.1) is 0 Å². The van der Waals surface area contributed by atoms with Gasteiger partial charge in [0.15, 0.2) is 0 Å². The molecule has 1 heterocycles. The third-order valence-electron chi connectivity index (χ3n) is 3.31. The Morgan fingerprint density at radius 2 is 1.75 bits per heavy atom. The molecule has 0 bridgehead atoms. The van der Waals surface area contributed by atoms with Crippen LogP contribution in [0.25, 0.3) is 0 Å². The highest BCUT2D eigenvalue weighted by Crippen LogP contribution is 2.08. The summed E-state index contributed by atoms with van der Waals surface area (Å²) in [6.07, 6.45) is 11.8. The summed E-state index contributed by atoms with van der Waals surface area (Å²) >= 11 is 3.26. The van der Waals surface area contributed by atoms with Crippen molar-refractivity contribution in [1.29, 1.82) is 0 Å². The lowest BCUT2D eigenvalue weighted by Crippen LogP contribution is -2.24. The summed E-state index contributed by atoms with van der Waals surface area (Å²) in [7, 11) is 0. The van der Waals surface area contributed by atoms with Crippen molar-refractivity contribution in [2.45, 2.75) is 58.3 Å². The number of aromatic nitrogens is 1. The van der Waals surface area contributed by atoms with E-state index < -0.39 is 0 Å². The van der Waals surface area contributed by atoms with Crippen LogP contribution in [-0.2, 0) is 0 Å². The van der Waals surface area contributed by atoms with Crippen LogP contribution in [0.4, 0.5) is 0 Å². The van der Waals surface area contributed by atoms with Crippen LogP contribution in [0.5, 0.6) is 0 Å². The number of amides is 1. The van der Waals surface area contributed by atoms with Gasteiger partial charge in [-0.25, -0.2) is 4.98 Å². The molecule has 1 aromatic heterocycles. The van der Waals surface area contributed by atoms with Crippen LogP contribution in [0.2, 0.25) is 0 Å². The van der Waals surface area contributed by atoms with E-state index in [2.05, 4.69) is 33.2 Å². The van der Waals surface area contributed by atoms with E-state index >= 15 is 0 Å². The molecule has 0 spiro atoms. The van der Waals surface area contributed by atoms with Crippen LogP contribution < -0.4 is 5.32 Å². The third-order valence-corrected chi connectivity index (χ3v) is 3.77. The number of nitrogens with one attached hydrogen (secondary N) is 1. The van der Waals surface area contributed by atoms with Crippen molar-refractivity contribution in [3.8, 4) is 0 Å². The van der Waals surface area contributed by atoms with Gasteiger partial charge < -0.3 is 5.32 Å². The largest absolute Gasteiger partial charge is 0.352 e. The molecule has 0 saturated heterocycles. The second-order valence-corrected chi connectivity index (χ2v) is 5.91. The van der Waals surface area contributed by atoms with E-state index in [0.717, 1.165) is 17.6 Å². The van der Waals surface area contributed by atoms with Gasteiger partial charge in [-0.1, -0.05) is 51.9 Å². The molecule has 0 aliphatic rings. The standard InChI is InChI=1S/C16H25BrN2O/c1-2-3-4-5-6-7-8-9-12-18-16(20)14-10-11-15(17)19-13-14/h10-11,13H,2-9,12H2,1H3,(H,18,20). The minimum Gasteiger partial charge on any atom is -0.352 e. The first-order chi connectivity index (χ1) is 9.74. The number of nitrogens with zero attached hydrogens (tertiary/aromatic N) is 1. The highest BCUT2D eigenvalue weighted by atomic mass is 79.9. The fourth-order valence-corrected chi connectivity index (χ4v) is 2.31. The van der Waals surface area contributed by atoms with Gasteiger partial charge in [0.2, 0.25) is 0 Å². The van der Waals surface area contributed by atoms with Gasteiger partial charge in [-0.15, -0.1) is 0 Å². The van der Waals surface area contributed by atoms with Crippen molar-refractivity contribution < 1.29 is 4.79 Å². The van der Waals surface area contributed by atoms with Crippen molar-refractivity contribution in [3.63, 3.8) is 0 Å². The van der Waals surface area contributed by atoms with Crippen LogP contribution in [-0.4, -0.2) is 17.4 Å². The normalized spacial score (nSPS) is 10.5. The summed E-state index contributed by atoms with van der Waals surface area (Å²) in [5.41, 5.74) is 0.618. The molecule has 20 heavy (non-hydrogen) atoms. The van der Waals surface area contributed by atoms with Gasteiger partial charge in [0.25, 0.3) is 5.91 Å². The van der Waals surface area contributed by atoms with Crippen LogP contribution >= 0.6 is 15.9 Å². The van der Waals surface area contributed by atoms with Gasteiger partial charge in [-0.05, 0) is 34.5 Å². The number of carbonyl (C=O) groups excluding carboxylic acids is 1. The highest BCUT2D eigenvalue weighted by molar-refractivity contribution is 9.10. The van der Waals surface area contributed by atoms with Crippen molar-refractivity contribution >= 4 is 21.8 Å². The van der Waals surface area contributed by atoms with Crippen molar-refractivity contribution in [2.24, 2.45) is 0 Å². The maximum atomic E-state index is 11.8. The van der Waals surface area contributed by atoms with Gasteiger partial charge in [0.1, 0.15) is 4.60 Å². The molecule has 0 unspecified atom stereocenters.